The number of hydrogen-bond acceptors (Lipinski definition) is 4. The van der Waals surface area contributed by atoms with Crippen molar-refractivity contribution in [2.75, 3.05) is 33.4 Å². The Morgan fingerprint density at radius 2 is 2.56 bits per heavy atom. The number of morpholine rings is 1. The molecule has 1 aliphatic heterocycles. The van der Waals surface area contributed by atoms with E-state index in [1.54, 1.807) is 0 Å². The zero-order valence-corrected chi connectivity index (χ0v) is 10.6. The Labute approximate surface area is 101 Å². The Bertz CT molecular complexity index is 283. The van der Waals surface area contributed by atoms with Crippen molar-refractivity contribution in [3.05, 3.63) is 22.4 Å². The number of rotatable bonds is 5. The number of nitrogens with one attached hydrogen (secondary N) is 1. The molecular weight excluding hydrogens is 220 g/mol. The van der Waals surface area contributed by atoms with Crippen LogP contribution < -0.4 is 5.32 Å². The summed E-state index contributed by atoms with van der Waals surface area (Å²) in [6.45, 7) is 4.91. The standard InChI is InChI=1S/C12H20N2OS/c1-14(9-12-3-2-8-16-12)6-4-11-10-15-7-5-13-11/h2-3,8,11,13H,4-7,9-10H2,1H3. The lowest BCUT2D eigenvalue weighted by Gasteiger charge is -2.25. The highest BCUT2D eigenvalue weighted by molar-refractivity contribution is 7.09. The molecule has 0 spiro atoms. The van der Waals surface area contributed by atoms with Gasteiger partial charge in [0.1, 0.15) is 0 Å². The van der Waals surface area contributed by atoms with Crippen LogP contribution in [0.4, 0.5) is 0 Å². The molecule has 1 N–H and O–H groups in total. The summed E-state index contributed by atoms with van der Waals surface area (Å²) in [6.07, 6.45) is 1.17. The summed E-state index contributed by atoms with van der Waals surface area (Å²) in [4.78, 5) is 3.82. The van der Waals surface area contributed by atoms with E-state index < -0.39 is 0 Å². The van der Waals surface area contributed by atoms with Gasteiger partial charge in [-0.1, -0.05) is 6.07 Å². The maximum absolute atomic E-state index is 5.44. The average Bonchev–Trinajstić information content (AvgIpc) is 2.81. The Balaban J connectivity index is 1.65. The number of thiophene rings is 1. The highest BCUT2D eigenvalue weighted by atomic mass is 32.1. The van der Waals surface area contributed by atoms with E-state index in [0.29, 0.717) is 6.04 Å². The molecular formula is C12H20N2OS. The van der Waals surface area contributed by atoms with Crippen LogP contribution in [-0.4, -0.2) is 44.3 Å². The number of nitrogens with zero attached hydrogens (tertiary/aromatic N) is 1. The van der Waals surface area contributed by atoms with Crippen LogP contribution in [0.25, 0.3) is 0 Å². The van der Waals surface area contributed by atoms with E-state index in [2.05, 4.69) is 34.8 Å². The first kappa shape index (κ1) is 12.0. The van der Waals surface area contributed by atoms with E-state index in [-0.39, 0.29) is 0 Å². The van der Waals surface area contributed by atoms with Crippen molar-refractivity contribution in [2.45, 2.75) is 19.0 Å². The van der Waals surface area contributed by atoms with Gasteiger partial charge in [-0.3, -0.25) is 0 Å². The zero-order valence-electron chi connectivity index (χ0n) is 9.82. The first-order chi connectivity index (χ1) is 7.84. The Hall–Kier alpha value is -0.420. The molecule has 0 radical (unpaired) electrons. The van der Waals surface area contributed by atoms with Crippen LogP contribution in [-0.2, 0) is 11.3 Å². The molecule has 16 heavy (non-hydrogen) atoms. The second-order valence-electron chi connectivity index (χ2n) is 4.33. The predicted molar refractivity (Wildman–Crippen MR) is 67.9 cm³/mol. The molecule has 1 unspecified atom stereocenters. The summed E-state index contributed by atoms with van der Waals surface area (Å²) in [5.41, 5.74) is 0. The van der Waals surface area contributed by atoms with Crippen LogP contribution in [0, 0.1) is 0 Å². The summed E-state index contributed by atoms with van der Waals surface area (Å²) in [5.74, 6) is 0. The second-order valence-corrected chi connectivity index (χ2v) is 5.36. The van der Waals surface area contributed by atoms with Crippen molar-refractivity contribution in [1.29, 1.82) is 0 Å². The lowest BCUT2D eigenvalue weighted by Crippen LogP contribution is -2.42. The van der Waals surface area contributed by atoms with Crippen LogP contribution in [0.3, 0.4) is 0 Å². The molecule has 0 bridgehead atoms. The number of ether oxygens (including phenoxy) is 1. The summed E-state index contributed by atoms with van der Waals surface area (Å²) >= 11 is 1.83. The van der Waals surface area contributed by atoms with Gasteiger partial charge in [0.15, 0.2) is 0 Å². The van der Waals surface area contributed by atoms with E-state index in [1.165, 1.54) is 11.3 Å². The SMILES string of the molecule is CN(CCC1COCCN1)Cc1cccs1. The molecule has 1 aliphatic rings. The van der Waals surface area contributed by atoms with Gasteiger partial charge in [-0.15, -0.1) is 11.3 Å². The normalized spacial score (nSPS) is 21.5. The molecule has 1 atom stereocenters. The van der Waals surface area contributed by atoms with Crippen molar-refractivity contribution >= 4 is 11.3 Å². The van der Waals surface area contributed by atoms with Crippen molar-refractivity contribution in [3.63, 3.8) is 0 Å². The maximum atomic E-state index is 5.44. The van der Waals surface area contributed by atoms with Crippen LogP contribution in [0.15, 0.2) is 17.5 Å². The Kier molecular flexibility index (Phi) is 4.78. The second kappa shape index (κ2) is 6.35. The lowest BCUT2D eigenvalue weighted by molar-refractivity contribution is 0.0708. The van der Waals surface area contributed by atoms with Crippen molar-refractivity contribution in [3.8, 4) is 0 Å². The van der Waals surface area contributed by atoms with E-state index in [9.17, 15) is 0 Å². The summed E-state index contributed by atoms with van der Waals surface area (Å²) < 4.78 is 5.44. The van der Waals surface area contributed by atoms with Crippen molar-refractivity contribution < 1.29 is 4.74 Å². The van der Waals surface area contributed by atoms with Crippen molar-refractivity contribution in [1.82, 2.24) is 10.2 Å². The first-order valence-corrected chi connectivity index (χ1v) is 6.74. The van der Waals surface area contributed by atoms with Gasteiger partial charge in [0, 0.05) is 24.0 Å². The maximum Gasteiger partial charge on any atom is 0.0620 e. The molecule has 0 saturated carbocycles. The van der Waals surface area contributed by atoms with Gasteiger partial charge in [0.25, 0.3) is 0 Å². The Morgan fingerprint density at radius 1 is 1.62 bits per heavy atom. The highest BCUT2D eigenvalue weighted by Gasteiger charge is 2.13. The van der Waals surface area contributed by atoms with Gasteiger partial charge in [0.05, 0.1) is 13.2 Å². The van der Waals surface area contributed by atoms with Crippen LogP contribution in [0.2, 0.25) is 0 Å². The summed E-state index contributed by atoms with van der Waals surface area (Å²) in [6, 6.07) is 4.85. The van der Waals surface area contributed by atoms with Crippen LogP contribution in [0.5, 0.6) is 0 Å². The molecule has 1 fully saturated rings. The average molecular weight is 240 g/mol. The van der Waals surface area contributed by atoms with E-state index in [0.717, 1.165) is 32.8 Å². The predicted octanol–water partition coefficient (Wildman–Crippen LogP) is 1.56. The fourth-order valence-electron chi connectivity index (χ4n) is 1.93. The smallest absolute Gasteiger partial charge is 0.0620 e. The van der Waals surface area contributed by atoms with Crippen LogP contribution >= 0.6 is 11.3 Å². The minimum absolute atomic E-state index is 0.541. The van der Waals surface area contributed by atoms with Crippen molar-refractivity contribution in [2.24, 2.45) is 0 Å². The van der Waals surface area contributed by atoms with Crippen LogP contribution in [0.1, 0.15) is 11.3 Å². The molecule has 2 rings (SSSR count). The van der Waals surface area contributed by atoms with Gasteiger partial charge in [-0.25, -0.2) is 0 Å². The van der Waals surface area contributed by atoms with Gasteiger partial charge in [-0.05, 0) is 31.5 Å². The molecule has 2 heterocycles. The molecule has 4 heteroatoms. The van der Waals surface area contributed by atoms with E-state index in [4.69, 9.17) is 4.74 Å². The number of hydrogen-bond donors (Lipinski definition) is 1. The third-order valence-corrected chi connectivity index (χ3v) is 3.72. The Morgan fingerprint density at radius 3 is 3.25 bits per heavy atom. The summed E-state index contributed by atoms with van der Waals surface area (Å²) in [5, 5.41) is 5.62. The minimum atomic E-state index is 0.541. The highest BCUT2D eigenvalue weighted by Crippen LogP contribution is 2.11. The third kappa shape index (κ3) is 3.87. The first-order valence-electron chi connectivity index (χ1n) is 5.86. The fourth-order valence-corrected chi connectivity index (χ4v) is 2.71. The lowest BCUT2D eigenvalue weighted by atomic mass is 10.2. The molecule has 1 aromatic heterocycles. The summed E-state index contributed by atoms with van der Waals surface area (Å²) in [7, 11) is 2.18. The van der Waals surface area contributed by atoms with Gasteiger partial charge < -0.3 is 15.0 Å². The van der Waals surface area contributed by atoms with E-state index in [1.807, 2.05) is 11.3 Å². The molecule has 90 valence electrons. The fraction of sp³-hybridized carbons (Fsp3) is 0.667. The minimum Gasteiger partial charge on any atom is -0.379 e. The third-order valence-electron chi connectivity index (χ3n) is 2.86. The zero-order chi connectivity index (χ0) is 11.2. The van der Waals surface area contributed by atoms with Gasteiger partial charge >= 0.3 is 0 Å². The molecule has 1 saturated heterocycles. The van der Waals surface area contributed by atoms with Gasteiger partial charge in [0.2, 0.25) is 0 Å². The monoisotopic (exact) mass is 240 g/mol. The van der Waals surface area contributed by atoms with Gasteiger partial charge in [-0.2, -0.15) is 0 Å². The molecule has 0 amide bonds. The van der Waals surface area contributed by atoms with E-state index >= 15 is 0 Å². The molecule has 3 nitrogen and oxygen atoms in total. The molecule has 0 aliphatic carbocycles. The largest absolute Gasteiger partial charge is 0.379 e. The molecule has 0 aromatic carbocycles. The quantitative estimate of drug-likeness (QED) is 0.845. The molecule has 1 aromatic rings. The topological polar surface area (TPSA) is 24.5 Å².